The normalized spacial score (nSPS) is 20.1. The van der Waals surface area contributed by atoms with E-state index in [1.165, 1.54) is 12.8 Å². The molecular weight excluding hydrogens is 228 g/mol. The number of amides is 1. The van der Waals surface area contributed by atoms with E-state index in [9.17, 15) is 4.79 Å². The van der Waals surface area contributed by atoms with E-state index in [4.69, 9.17) is 5.73 Å². The van der Waals surface area contributed by atoms with Gasteiger partial charge in [-0.25, -0.2) is 0 Å². The molecule has 0 radical (unpaired) electrons. The molecule has 1 aliphatic heterocycles. The lowest BCUT2D eigenvalue weighted by Crippen LogP contribution is -2.45. The van der Waals surface area contributed by atoms with Gasteiger partial charge in [-0.15, -0.1) is 0 Å². The van der Waals surface area contributed by atoms with Gasteiger partial charge in [0.15, 0.2) is 0 Å². The van der Waals surface area contributed by atoms with Crippen LogP contribution in [0.3, 0.4) is 0 Å². The average molecular weight is 256 g/mol. The minimum Gasteiger partial charge on any atom is -0.355 e. The van der Waals surface area contributed by atoms with Crippen LogP contribution in [-0.2, 0) is 4.79 Å². The van der Waals surface area contributed by atoms with Crippen LogP contribution in [0, 0.1) is 5.92 Å². The van der Waals surface area contributed by atoms with E-state index in [2.05, 4.69) is 29.2 Å². The summed E-state index contributed by atoms with van der Waals surface area (Å²) in [7, 11) is 4.30. The molecule has 106 valence electrons. The molecule has 5 nitrogen and oxygen atoms in total. The third-order valence-corrected chi connectivity index (χ3v) is 3.82. The Labute approximate surface area is 111 Å². The summed E-state index contributed by atoms with van der Waals surface area (Å²) in [5.74, 6) is -0.00912. The van der Waals surface area contributed by atoms with Gasteiger partial charge in [0, 0.05) is 31.6 Å². The molecule has 3 N–H and O–H groups in total. The number of carbonyl (C=O) groups excluding carboxylic acids is 1. The van der Waals surface area contributed by atoms with Gasteiger partial charge in [0.05, 0.1) is 0 Å². The lowest BCUT2D eigenvalue weighted by Gasteiger charge is -2.35. The highest BCUT2D eigenvalue weighted by Gasteiger charge is 2.20. The Morgan fingerprint density at radius 2 is 2.06 bits per heavy atom. The van der Waals surface area contributed by atoms with Crippen molar-refractivity contribution < 1.29 is 4.79 Å². The minimum absolute atomic E-state index is 0.0701. The number of nitrogens with two attached hydrogens (primary N) is 1. The second-order valence-electron chi connectivity index (χ2n) is 5.46. The summed E-state index contributed by atoms with van der Waals surface area (Å²) in [6.45, 7) is 6.22. The second-order valence-corrected chi connectivity index (χ2v) is 5.46. The van der Waals surface area contributed by atoms with Crippen LogP contribution in [0.1, 0.15) is 19.8 Å². The van der Waals surface area contributed by atoms with E-state index in [-0.39, 0.29) is 11.8 Å². The number of likely N-dealkylation sites (tertiary alicyclic amines) is 1. The van der Waals surface area contributed by atoms with Gasteiger partial charge < -0.3 is 20.9 Å². The van der Waals surface area contributed by atoms with E-state index >= 15 is 0 Å². The number of nitrogens with one attached hydrogen (secondary N) is 1. The molecule has 1 amide bonds. The van der Waals surface area contributed by atoms with E-state index in [0.717, 1.165) is 26.2 Å². The molecule has 0 aliphatic carbocycles. The van der Waals surface area contributed by atoms with Crippen molar-refractivity contribution in [2.45, 2.75) is 25.8 Å². The predicted molar refractivity (Wildman–Crippen MR) is 74.4 cm³/mol. The maximum atomic E-state index is 11.5. The fourth-order valence-corrected chi connectivity index (χ4v) is 2.28. The van der Waals surface area contributed by atoms with Gasteiger partial charge in [-0.2, -0.15) is 0 Å². The van der Waals surface area contributed by atoms with Crippen LogP contribution in [0.4, 0.5) is 0 Å². The van der Waals surface area contributed by atoms with Gasteiger partial charge in [0.2, 0.25) is 5.91 Å². The molecule has 1 unspecified atom stereocenters. The molecule has 1 aliphatic rings. The highest BCUT2D eigenvalue weighted by atomic mass is 16.1. The molecule has 0 saturated carbocycles. The highest BCUT2D eigenvalue weighted by molar-refractivity contribution is 5.78. The van der Waals surface area contributed by atoms with Crippen LogP contribution < -0.4 is 11.1 Å². The zero-order valence-corrected chi connectivity index (χ0v) is 12.0. The Kier molecular flexibility index (Phi) is 6.60. The van der Waals surface area contributed by atoms with Gasteiger partial charge in [-0.05, 0) is 40.0 Å². The average Bonchev–Trinajstić information content (AvgIpc) is 2.38. The van der Waals surface area contributed by atoms with Crippen molar-refractivity contribution in [3.8, 4) is 0 Å². The van der Waals surface area contributed by atoms with E-state index in [1.54, 1.807) is 0 Å². The lowest BCUT2D eigenvalue weighted by atomic mass is 10.0. The summed E-state index contributed by atoms with van der Waals surface area (Å²) in [6.07, 6.45) is 2.44. The van der Waals surface area contributed by atoms with Crippen molar-refractivity contribution in [2.75, 3.05) is 46.8 Å². The quantitative estimate of drug-likeness (QED) is 0.686. The van der Waals surface area contributed by atoms with Crippen LogP contribution in [0.2, 0.25) is 0 Å². The summed E-state index contributed by atoms with van der Waals surface area (Å²) in [4.78, 5) is 16.3. The van der Waals surface area contributed by atoms with Gasteiger partial charge in [0.25, 0.3) is 0 Å². The molecule has 1 fully saturated rings. The Bertz CT molecular complexity index is 249. The molecule has 0 bridgehead atoms. The number of nitrogens with zero attached hydrogens (tertiary/aromatic N) is 2. The zero-order valence-electron chi connectivity index (χ0n) is 12.0. The van der Waals surface area contributed by atoms with Crippen LogP contribution in [0.25, 0.3) is 0 Å². The van der Waals surface area contributed by atoms with Crippen LogP contribution in [0.5, 0.6) is 0 Å². The van der Waals surface area contributed by atoms with Crippen LogP contribution in [0.15, 0.2) is 0 Å². The Hall–Kier alpha value is -0.650. The van der Waals surface area contributed by atoms with Crippen molar-refractivity contribution >= 4 is 5.91 Å². The highest BCUT2D eigenvalue weighted by Crippen LogP contribution is 2.13. The Morgan fingerprint density at radius 1 is 1.44 bits per heavy atom. The molecule has 5 heteroatoms. The monoisotopic (exact) mass is 256 g/mol. The number of piperidine rings is 1. The van der Waals surface area contributed by atoms with Crippen molar-refractivity contribution in [1.82, 2.24) is 15.1 Å². The fraction of sp³-hybridized carbons (Fsp3) is 0.923. The van der Waals surface area contributed by atoms with E-state index in [0.29, 0.717) is 12.6 Å². The molecule has 1 rings (SSSR count). The largest absolute Gasteiger partial charge is 0.355 e. The molecular formula is C13H28N4O. The summed E-state index contributed by atoms with van der Waals surface area (Å²) in [5, 5.41) is 2.94. The molecule has 1 saturated heterocycles. The van der Waals surface area contributed by atoms with Gasteiger partial charge >= 0.3 is 0 Å². The molecule has 18 heavy (non-hydrogen) atoms. The standard InChI is InChI=1S/C13H28N4O/c1-11(10-14)13(18)15-6-9-17-7-4-12(5-8-17)16(2)3/h11-12H,4-10,14H2,1-3H3,(H,15,18). The summed E-state index contributed by atoms with van der Waals surface area (Å²) >= 11 is 0. The number of carbonyl (C=O) groups is 1. The first-order chi connectivity index (χ1) is 8.54. The second kappa shape index (κ2) is 7.71. The zero-order chi connectivity index (χ0) is 13.5. The van der Waals surface area contributed by atoms with Gasteiger partial charge in [-0.1, -0.05) is 6.92 Å². The van der Waals surface area contributed by atoms with Crippen LogP contribution >= 0.6 is 0 Å². The Balaban J connectivity index is 2.13. The third-order valence-electron chi connectivity index (χ3n) is 3.82. The first-order valence-corrected chi connectivity index (χ1v) is 6.91. The summed E-state index contributed by atoms with van der Waals surface area (Å²) in [6, 6.07) is 0.716. The van der Waals surface area contributed by atoms with Crippen LogP contribution in [-0.4, -0.2) is 68.6 Å². The first kappa shape index (κ1) is 15.4. The van der Waals surface area contributed by atoms with Gasteiger partial charge in [-0.3, -0.25) is 4.79 Å². The maximum absolute atomic E-state index is 11.5. The summed E-state index contributed by atoms with van der Waals surface area (Å²) < 4.78 is 0. The Morgan fingerprint density at radius 3 is 2.56 bits per heavy atom. The number of hydrogen-bond acceptors (Lipinski definition) is 4. The lowest BCUT2D eigenvalue weighted by molar-refractivity contribution is -0.124. The van der Waals surface area contributed by atoms with Gasteiger partial charge in [0.1, 0.15) is 0 Å². The summed E-state index contributed by atoms with van der Waals surface area (Å²) in [5.41, 5.74) is 5.46. The molecule has 0 spiro atoms. The topological polar surface area (TPSA) is 61.6 Å². The number of hydrogen-bond donors (Lipinski definition) is 2. The first-order valence-electron chi connectivity index (χ1n) is 6.91. The minimum atomic E-state index is -0.0792. The molecule has 0 aromatic rings. The van der Waals surface area contributed by atoms with Crippen molar-refractivity contribution in [3.05, 3.63) is 0 Å². The van der Waals surface area contributed by atoms with Crippen molar-refractivity contribution in [3.63, 3.8) is 0 Å². The maximum Gasteiger partial charge on any atom is 0.224 e. The van der Waals surface area contributed by atoms with Crippen molar-refractivity contribution in [1.29, 1.82) is 0 Å². The predicted octanol–water partition coefficient (Wildman–Crippen LogP) is -0.277. The molecule has 1 atom stereocenters. The fourth-order valence-electron chi connectivity index (χ4n) is 2.28. The smallest absolute Gasteiger partial charge is 0.224 e. The number of rotatable bonds is 6. The molecule has 1 heterocycles. The van der Waals surface area contributed by atoms with E-state index < -0.39 is 0 Å². The SMILES string of the molecule is CC(CN)C(=O)NCCN1CCC(N(C)C)CC1. The molecule has 0 aromatic carbocycles. The molecule has 0 aromatic heterocycles. The van der Waals surface area contributed by atoms with E-state index in [1.807, 2.05) is 6.92 Å². The van der Waals surface area contributed by atoms with Crippen molar-refractivity contribution in [2.24, 2.45) is 11.7 Å². The third kappa shape index (κ3) is 4.92.